The number of aliphatic carboxylic acids is 1. The van der Waals surface area contributed by atoms with E-state index in [0.717, 1.165) is 5.56 Å². The number of nitro groups is 1. The second-order valence-corrected chi connectivity index (χ2v) is 8.72. The van der Waals surface area contributed by atoms with Crippen LogP contribution in [0.25, 0.3) is 0 Å². The summed E-state index contributed by atoms with van der Waals surface area (Å²) in [6, 6.07) is 11.1. The van der Waals surface area contributed by atoms with Crippen molar-refractivity contribution in [3.63, 3.8) is 0 Å². The number of nitrogens with one attached hydrogen (secondary N) is 2. The largest absolute Gasteiger partial charge is 0.480 e. The summed E-state index contributed by atoms with van der Waals surface area (Å²) in [6.07, 6.45) is -1.28. The molecule has 0 saturated heterocycles. The van der Waals surface area contributed by atoms with Gasteiger partial charge in [0.15, 0.2) is 0 Å². The molecule has 0 aliphatic carbocycles. The second kappa shape index (κ2) is 14.3. The van der Waals surface area contributed by atoms with Gasteiger partial charge in [-0.25, -0.2) is 9.59 Å². The zero-order valence-electron chi connectivity index (χ0n) is 21.3. The average molecular weight is 530 g/mol. The highest BCUT2D eigenvalue weighted by Crippen LogP contribution is 2.27. The van der Waals surface area contributed by atoms with Crippen molar-refractivity contribution in [1.29, 1.82) is 0 Å². The van der Waals surface area contributed by atoms with Gasteiger partial charge in [-0.2, -0.15) is 0 Å². The number of non-ortho nitro benzene ring substituents is 1. The number of nitrogens with zero attached hydrogens (tertiary/aromatic N) is 1. The van der Waals surface area contributed by atoms with Crippen LogP contribution in [0.5, 0.6) is 0 Å². The third-order valence-corrected chi connectivity index (χ3v) is 5.63. The predicted molar refractivity (Wildman–Crippen MR) is 135 cm³/mol. The molecule has 0 aromatic heterocycles. The monoisotopic (exact) mass is 529 g/mol. The first-order valence-electron chi connectivity index (χ1n) is 11.9. The lowest BCUT2D eigenvalue weighted by Crippen LogP contribution is -2.55. The van der Waals surface area contributed by atoms with E-state index in [1.165, 1.54) is 24.3 Å². The average Bonchev–Trinajstić information content (AvgIpc) is 2.88. The molecule has 0 saturated carbocycles. The van der Waals surface area contributed by atoms with Crippen molar-refractivity contribution < 1.29 is 38.7 Å². The minimum absolute atomic E-state index is 0.0292. The molecule has 0 heterocycles. The van der Waals surface area contributed by atoms with Gasteiger partial charge in [-0.3, -0.25) is 19.7 Å². The maximum atomic E-state index is 13.1. The van der Waals surface area contributed by atoms with Gasteiger partial charge in [-0.15, -0.1) is 0 Å². The Morgan fingerprint density at radius 1 is 0.947 bits per heavy atom. The van der Waals surface area contributed by atoms with Crippen LogP contribution >= 0.6 is 0 Å². The van der Waals surface area contributed by atoms with Crippen LogP contribution in [0.3, 0.4) is 0 Å². The Bertz CT molecular complexity index is 1120. The summed E-state index contributed by atoms with van der Waals surface area (Å²) in [5.74, 6) is -4.52. The van der Waals surface area contributed by atoms with Gasteiger partial charge < -0.3 is 25.2 Å². The van der Waals surface area contributed by atoms with Crippen LogP contribution in [-0.4, -0.2) is 52.7 Å². The van der Waals surface area contributed by atoms with E-state index >= 15 is 0 Å². The first kappa shape index (κ1) is 29.7. The molecule has 2 amide bonds. The Hall–Kier alpha value is -4.48. The van der Waals surface area contributed by atoms with Crippen LogP contribution in [0.2, 0.25) is 0 Å². The molecule has 0 fully saturated rings. The molecule has 0 radical (unpaired) electrons. The van der Waals surface area contributed by atoms with E-state index in [1.807, 2.05) is 6.07 Å². The van der Waals surface area contributed by atoms with Gasteiger partial charge in [0.05, 0.1) is 18.0 Å². The topological polar surface area (TPSA) is 174 Å². The molecule has 0 bridgehead atoms. The van der Waals surface area contributed by atoms with Crippen LogP contribution < -0.4 is 10.6 Å². The summed E-state index contributed by atoms with van der Waals surface area (Å²) < 4.78 is 10.1. The SMILES string of the molecule is CCOC(=O)C[C@H](c1ccc([N+](=O)[O-])cc1)[C@H](NC(=O)[C@@H](NC(=O)OCc1ccccc1)C(C)C)C(=O)O. The fraction of sp³-hybridized carbons (Fsp3) is 0.385. The van der Waals surface area contributed by atoms with Crippen molar-refractivity contribution in [3.8, 4) is 0 Å². The maximum absolute atomic E-state index is 13.1. The highest BCUT2D eigenvalue weighted by Gasteiger charge is 2.36. The number of carboxylic acids is 1. The van der Waals surface area contributed by atoms with Gasteiger partial charge >= 0.3 is 18.0 Å². The van der Waals surface area contributed by atoms with Crippen molar-refractivity contribution in [1.82, 2.24) is 10.6 Å². The second-order valence-electron chi connectivity index (χ2n) is 8.72. The first-order chi connectivity index (χ1) is 18.0. The van der Waals surface area contributed by atoms with Crippen LogP contribution in [0, 0.1) is 16.0 Å². The smallest absolute Gasteiger partial charge is 0.408 e. The van der Waals surface area contributed by atoms with Crippen LogP contribution in [0.15, 0.2) is 54.6 Å². The molecule has 38 heavy (non-hydrogen) atoms. The molecule has 0 unspecified atom stereocenters. The fourth-order valence-corrected chi connectivity index (χ4v) is 3.68. The number of ether oxygens (including phenoxy) is 2. The number of carbonyl (C=O) groups is 4. The van der Waals surface area contributed by atoms with E-state index in [4.69, 9.17) is 9.47 Å². The minimum atomic E-state index is -1.61. The third-order valence-electron chi connectivity index (χ3n) is 5.63. The standard InChI is InChI=1S/C26H31N3O9/c1-4-37-21(30)14-20(18-10-12-19(13-11-18)29(35)36)23(25(32)33)27-24(31)22(16(2)3)28-26(34)38-15-17-8-6-5-7-9-17/h5-13,16,20,22-23H,4,14-15H2,1-3H3,(H,27,31)(H,28,34)(H,32,33)/t20-,22+,23+/m1/s1. The molecule has 0 aliphatic rings. The molecule has 3 atom stereocenters. The maximum Gasteiger partial charge on any atom is 0.408 e. The number of hydrogen-bond acceptors (Lipinski definition) is 8. The summed E-state index contributed by atoms with van der Waals surface area (Å²) in [7, 11) is 0. The van der Waals surface area contributed by atoms with Gasteiger partial charge in [0.1, 0.15) is 18.7 Å². The molecule has 204 valence electrons. The lowest BCUT2D eigenvalue weighted by Gasteiger charge is -2.28. The Morgan fingerprint density at radius 3 is 2.11 bits per heavy atom. The summed E-state index contributed by atoms with van der Waals surface area (Å²) in [4.78, 5) is 60.5. The Labute approximate surface area is 219 Å². The van der Waals surface area contributed by atoms with Gasteiger partial charge in [-0.1, -0.05) is 56.3 Å². The van der Waals surface area contributed by atoms with Crippen LogP contribution in [0.4, 0.5) is 10.5 Å². The highest BCUT2D eigenvalue weighted by atomic mass is 16.6. The van der Waals surface area contributed by atoms with Crippen molar-refractivity contribution in [2.24, 2.45) is 5.92 Å². The van der Waals surface area contributed by atoms with Gasteiger partial charge in [-0.05, 0) is 24.0 Å². The Balaban J connectivity index is 2.23. The molecular weight excluding hydrogens is 498 g/mol. The van der Waals surface area contributed by atoms with E-state index < -0.39 is 59.2 Å². The number of nitro benzene ring substituents is 1. The number of benzene rings is 2. The number of rotatable bonds is 13. The Kier molecular flexibility index (Phi) is 11.2. The van der Waals surface area contributed by atoms with E-state index in [-0.39, 0.29) is 24.5 Å². The molecule has 0 aliphatic heterocycles. The van der Waals surface area contributed by atoms with E-state index in [2.05, 4.69) is 10.6 Å². The van der Waals surface area contributed by atoms with Gasteiger partial charge in [0.25, 0.3) is 5.69 Å². The number of alkyl carbamates (subject to hydrolysis) is 1. The summed E-state index contributed by atoms with van der Waals surface area (Å²) in [5.41, 5.74) is 0.786. The highest BCUT2D eigenvalue weighted by molar-refractivity contribution is 5.90. The number of carboxylic acid groups (broad SMARTS) is 1. The molecule has 12 heteroatoms. The zero-order valence-corrected chi connectivity index (χ0v) is 21.3. The van der Waals surface area contributed by atoms with Crippen molar-refractivity contribution in [3.05, 3.63) is 75.8 Å². The van der Waals surface area contributed by atoms with Crippen molar-refractivity contribution in [2.75, 3.05) is 6.61 Å². The zero-order chi connectivity index (χ0) is 28.2. The van der Waals surface area contributed by atoms with Crippen LogP contribution in [-0.2, 0) is 30.5 Å². The van der Waals surface area contributed by atoms with Crippen molar-refractivity contribution in [2.45, 2.75) is 51.8 Å². The molecule has 2 aromatic rings. The molecule has 3 N–H and O–H groups in total. The summed E-state index contributed by atoms with van der Waals surface area (Å²) >= 11 is 0. The lowest BCUT2D eigenvalue weighted by molar-refractivity contribution is -0.384. The molecule has 0 spiro atoms. The molecule has 2 rings (SSSR count). The van der Waals surface area contributed by atoms with Gasteiger partial charge in [0.2, 0.25) is 5.91 Å². The summed E-state index contributed by atoms with van der Waals surface area (Å²) in [5, 5.41) is 25.9. The van der Waals surface area contributed by atoms with E-state index in [0.29, 0.717) is 0 Å². The number of hydrogen-bond donors (Lipinski definition) is 3. The fourth-order valence-electron chi connectivity index (χ4n) is 3.68. The first-order valence-corrected chi connectivity index (χ1v) is 11.9. The Morgan fingerprint density at radius 2 is 1.58 bits per heavy atom. The molecule has 12 nitrogen and oxygen atoms in total. The minimum Gasteiger partial charge on any atom is -0.480 e. The lowest BCUT2D eigenvalue weighted by atomic mass is 9.87. The molecular formula is C26H31N3O9. The van der Waals surface area contributed by atoms with Gasteiger partial charge in [0, 0.05) is 18.1 Å². The number of amides is 2. The third kappa shape index (κ3) is 8.87. The quantitative estimate of drug-likeness (QED) is 0.200. The van der Waals surface area contributed by atoms with E-state index in [1.54, 1.807) is 45.0 Å². The van der Waals surface area contributed by atoms with E-state index in [9.17, 15) is 34.4 Å². The summed E-state index contributed by atoms with van der Waals surface area (Å²) in [6.45, 7) is 4.93. The van der Waals surface area contributed by atoms with Crippen LogP contribution in [0.1, 0.15) is 44.2 Å². The number of carbonyl (C=O) groups excluding carboxylic acids is 3. The predicted octanol–water partition coefficient (Wildman–Crippen LogP) is 3.15. The normalized spacial score (nSPS) is 13.1. The van der Waals surface area contributed by atoms with Crippen molar-refractivity contribution >= 4 is 29.6 Å². The molecule has 2 aromatic carbocycles. The number of esters is 1.